The molecule has 1 aromatic carbocycles. The zero-order chi connectivity index (χ0) is 14.0. The van der Waals surface area contributed by atoms with Gasteiger partial charge in [-0.15, -0.1) is 11.3 Å². The summed E-state index contributed by atoms with van der Waals surface area (Å²) in [7, 11) is 0. The van der Waals surface area contributed by atoms with Gasteiger partial charge < -0.3 is 10.5 Å². The summed E-state index contributed by atoms with van der Waals surface area (Å²) >= 11 is 1.31. The van der Waals surface area contributed by atoms with E-state index >= 15 is 0 Å². The average molecular weight is 279 g/mol. The Labute approximate surface area is 114 Å². The minimum Gasteiger partial charge on any atom is -0.462 e. The predicted molar refractivity (Wildman–Crippen MR) is 74.8 cm³/mol. The molecule has 0 aliphatic heterocycles. The van der Waals surface area contributed by atoms with Crippen molar-refractivity contribution in [2.75, 3.05) is 12.3 Å². The highest BCUT2D eigenvalue weighted by atomic mass is 32.1. The van der Waals surface area contributed by atoms with Gasteiger partial charge in [0, 0.05) is 10.4 Å². The molecule has 0 saturated heterocycles. The maximum Gasteiger partial charge on any atom is 0.341 e. The molecule has 2 aromatic rings. The summed E-state index contributed by atoms with van der Waals surface area (Å²) in [4.78, 5) is 12.8. The molecule has 0 saturated carbocycles. The number of benzene rings is 1. The van der Waals surface area contributed by atoms with Crippen LogP contribution in [0.15, 0.2) is 24.3 Å². The SMILES string of the molecule is CCOC(=O)c1c(N)sc(C)c1-c1cccc(F)c1. The predicted octanol–water partition coefficient (Wildman–Crippen LogP) is 3.62. The number of hydrogen-bond acceptors (Lipinski definition) is 4. The summed E-state index contributed by atoms with van der Waals surface area (Å²) in [6.07, 6.45) is 0. The monoisotopic (exact) mass is 279 g/mol. The van der Waals surface area contributed by atoms with Gasteiger partial charge in [0.1, 0.15) is 16.4 Å². The van der Waals surface area contributed by atoms with Crippen LogP contribution in [-0.2, 0) is 4.74 Å². The van der Waals surface area contributed by atoms with Crippen LogP contribution in [0.25, 0.3) is 11.1 Å². The molecule has 0 fully saturated rings. The topological polar surface area (TPSA) is 52.3 Å². The number of nitrogen functional groups attached to an aromatic ring is 1. The number of carbonyl (C=O) groups is 1. The van der Waals surface area contributed by atoms with Gasteiger partial charge in [-0.1, -0.05) is 12.1 Å². The molecule has 0 amide bonds. The van der Waals surface area contributed by atoms with Crippen molar-refractivity contribution in [3.05, 3.63) is 40.5 Å². The number of esters is 1. The fourth-order valence-electron chi connectivity index (χ4n) is 1.96. The number of hydrogen-bond donors (Lipinski definition) is 1. The van der Waals surface area contributed by atoms with Crippen molar-refractivity contribution in [1.82, 2.24) is 0 Å². The second kappa shape index (κ2) is 5.40. The van der Waals surface area contributed by atoms with Crippen molar-refractivity contribution in [2.45, 2.75) is 13.8 Å². The highest BCUT2D eigenvalue weighted by Crippen LogP contribution is 2.38. The molecule has 0 bridgehead atoms. The van der Waals surface area contributed by atoms with Gasteiger partial charge in [-0.25, -0.2) is 9.18 Å². The standard InChI is InChI=1S/C14H14FNO2S/c1-3-18-14(17)12-11(8(2)19-13(12)16)9-5-4-6-10(15)7-9/h4-7H,3,16H2,1-2H3. The molecule has 3 nitrogen and oxygen atoms in total. The molecule has 1 heterocycles. The minimum absolute atomic E-state index is 0.274. The molecule has 0 unspecified atom stereocenters. The van der Waals surface area contributed by atoms with Crippen LogP contribution in [0.3, 0.4) is 0 Å². The Morgan fingerprint density at radius 1 is 1.47 bits per heavy atom. The molecule has 2 rings (SSSR count). The van der Waals surface area contributed by atoms with E-state index in [1.54, 1.807) is 19.1 Å². The number of carbonyl (C=O) groups excluding carboxylic acids is 1. The highest BCUT2D eigenvalue weighted by Gasteiger charge is 2.22. The third-order valence-electron chi connectivity index (χ3n) is 2.70. The van der Waals surface area contributed by atoms with Gasteiger partial charge in [0.05, 0.1) is 6.61 Å². The van der Waals surface area contributed by atoms with E-state index in [2.05, 4.69) is 0 Å². The number of ether oxygens (including phenoxy) is 1. The summed E-state index contributed by atoms with van der Waals surface area (Å²) in [5.41, 5.74) is 7.49. The maximum atomic E-state index is 13.3. The van der Waals surface area contributed by atoms with Crippen LogP contribution in [0.4, 0.5) is 9.39 Å². The summed E-state index contributed by atoms with van der Waals surface area (Å²) in [6, 6.07) is 6.10. The first-order valence-electron chi connectivity index (χ1n) is 5.86. The number of halogens is 1. The lowest BCUT2D eigenvalue weighted by molar-refractivity contribution is 0.0529. The van der Waals surface area contributed by atoms with E-state index in [0.29, 0.717) is 21.7 Å². The highest BCUT2D eigenvalue weighted by molar-refractivity contribution is 7.16. The summed E-state index contributed by atoms with van der Waals surface area (Å²) in [6.45, 7) is 3.86. The lowest BCUT2D eigenvalue weighted by atomic mass is 10.0. The van der Waals surface area contributed by atoms with E-state index in [1.165, 1.54) is 23.5 Å². The van der Waals surface area contributed by atoms with Crippen LogP contribution >= 0.6 is 11.3 Å². The summed E-state index contributed by atoms with van der Waals surface area (Å²) in [5.74, 6) is -0.819. The smallest absolute Gasteiger partial charge is 0.341 e. The van der Waals surface area contributed by atoms with Crippen molar-refractivity contribution in [1.29, 1.82) is 0 Å². The van der Waals surface area contributed by atoms with Crippen molar-refractivity contribution < 1.29 is 13.9 Å². The minimum atomic E-state index is -0.469. The van der Waals surface area contributed by atoms with Gasteiger partial charge in [0.2, 0.25) is 0 Å². The van der Waals surface area contributed by atoms with Crippen LogP contribution in [0.2, 0.25) is 0 Å². The Hall–Kier alpha value is -1.88. The quantitative estimate of drug-likeness (QED) is 0.873. The van der Waals surface area contributed by atoms with Crippen LogP contribution in [0.5, 0.6) is 0 Å². The van der Waals surface area contributed by atoms with Crippen molar-refractivity contribution in [3.8, 4) is 11.1 Å². The van der Waals surface area contributed by atoms with Crippen molar-refractivity contribution >= 4 is 22.3 Å². The molecule has 1 aromatic heterocycles. The molecular formula is C14H14FNO2S. The van der Waals surface area contributed by atoms with Gasteiger partial charge in [-0.3, -0.25) is 0 Å². The van der Waals surface area contributed by atoms with Crippen LogP contribution in [0, 0.1) is 12.7 Å². The molecule has 0 atom stereocenters. The number of anilines is 1. The lowest BCUT2D eigenvalue weighted by Crippen LogP contribution is -2.07. The van der Waals surface area contributed by atoms with Gasteiger partial charge in [-0.2, -0.15) is 0 Å². The molecule has 5 heteroatoms. The Balaban J connectivity index is 2.59. The summed E-state index contributed by atoms with van der Waals surface area (Å²) in [5, 5.41) is 0.398. The van der Waals surface area contributed by atoms with Gasteiger partial charge in [0.25, 0.3) is 0 Å². The number of aryl methyl sites for hydroxylation is 1. The van der Waals surface area contributed by atoms with Crippen LogP contribution in [0.1, 0.15) is 22.2 Å². The van der Waals surface area contributed by atoms with Gasteiger partial charge in [0.15, 0.2) is 0 Å². The first-order valence-corrected chi connectivity index (χ1v) is 6.68. The molecule has 0 spiro atoms. The maximum absolute atomic E-state index is 13.3. The zero-order valence-electron chi connectivity index (χ0n) is 10.7. The van der Waals surface area contributed by atoms with Gasteiger partial charge >= 0.3 is 5.97 Å². The van der Waals surface area contributed by atoms with E-state index in [1.807, 2.05) is 6.92 Å². The second-order valence-corrected chi connectivity index (χ2v) is 5.26. The van der Waals surface area contributed by atoms with E-state index in [-0.39, 0.29) is 12.4 Å². The van der Waals surface area contributed by atoms with E-state index < -0.39 is 5.97 Å². The molecule has 19 heavy (non-hydrogen) atoms. The Kier molecular flexibility index (Phi) is 3.85. The Morgan fingerprint density at radius 3 is 2.84 bits per heavy atom. The Morgan fingerprint density at radius 2 is 2.21 bits per heavy atom. The fraction of sp³-hybridized carbons (Fsp3) is 0.214. The van der Waals surface area contributed by atoms with Gasteiger partial charge in [-0.05, 0) is 31.5 Å². The second-order valence-electron chi connectivity index (χ2n) is 4.00. The third kappa shape index (κ3) is 2.61. The van der Waals surface area contributed by atoms with Crippen LogP contribution in [-0.4, -0.2) is 12.6 Å². The molecular weight excluding hydrogens is 265 g/mol. The number of thiophene rings is 1. The molecule has 0 radical (unpaired) electrons. The number of rotatable bonds is 3. The Bertz CT molecular complexity index is 622. The van der Waals surface area contributed by atoms with Crippen LogP contribution < -0.4 is 5.73 Å². The van der Waals surface area contributed by atoms with E-state index in [0.717, 1.165) is 4.88 Å². The first kappa shape index (κ1) is 13.5. The molecule has 0 aliphatic rings. The van der Waals surface area contributed by atoms with E-state index in [9.17, 15) is 9.18 Å². The lowest BCUT2D eigenvalue weighted by Gasteiger charge is -2.06. The van der Waals surface area contributed by atoms with Crippen molar-refractivity contribution in [3.63, 3.8) is 0 Å². The number of nitrogens with two attached hydrogens (primary N) is 1. The third-order valence-corrected chi connectivity index (χ3v) is 3.64. The first-order chi connectivity index (χ1) is 9.04. The molecule has 2 N–H and O–H groups in total. The fourth-order valence-corrected chi connectivity index (χ4v) is 2.90. The summed E-state index contributed by atoms with van der Waals surface area (Å²) < 4.78 is 18.3. The molecule has 100 valence electrons. The molecule has 0 aliphatic carbocycles. The van der Waals surface area contributed by atoms with E-state index in [4.69, 9.17) is 10.5 Å². The largest absolute Gasteiger partial charge is 0.462 e. The van der Waals surface area contributed by atoms with Crippen molar-refractivity contribution in [2.24, 2.45) is 0 Å². The zero-order valence-corrected chi connectivity index (χ0v) is 11.5. The average Bonchev–Trinajstić information content (AvgIpc) is 2.64. The normalized spacial score (nSPS) is 10.5.